The minimum Gasteiger partial charge on any atom is -0.495 e. The SMILES string of the molecule is COc1cncc(C(C)(N)c2ccc(Br)cc2Cl)c1. The lowest BCUT2D eigenvalue weighted by molar-refractivity contribution is 0.410. The van der Waals surface area contributed by atoms with Gasteiger partial charge in [0.15, 0.2) is 0 Å². The first-order chi connectivity index (χ1) is 8.95. The first kappa shape index (κ1) is 14.3. The molecule has 0 spiro atoms. The second-order valence-corrected chi connectivity index (χ2v) is 5.76. The molecule has 1 heterocycles. The van der Waals surface area contributed by atoms with Crippen LogP contribution < -0.4 is 10.5 Å². The highest BCUT2D eigenvalue weighted by Crippen LogP contribution is 2.34. The number of halogens is 2. The monoisotopic (exact) mass is 340 g/mol. The lowest BCUT2D eigenvalue weighted by Crippen LogP contribution is -2.34. The molecule has 1 atom stereocenters. The van der Waals surface area contributed by atoms with Crippen molar-refractivity contribution in [2.24, 2.45) is 5.73 Å². The summed E-state index contributed by atoms with van der Waals surface area (Å²) in [5.41, 5.74) is 7.39. The summed E-state index contributed by atoms with van der Waals surface area (Å²) >= 11 is 9.66. The van der Waals surface area contributed by atoms with Gasteiger partial charge < -0.3 is 10.5 Å². The number of aromatic nitrogens is 1. The molecule has 3 nitrogen and oxygen atoms in total. The Morgan fingerprint density at radius 3 is 2.68 bits per heavy atom. The van der Waals surface area contributed by atoms with E-state index in [1.54, 1.807) is 19.5 Å². The molecule has 5 heteroatoms. The zero-order valence-electron chi connectivity index (χ0n) is 10.7. The number of hydrogen-bond acceptors (Lipinski definition) is 3. The van der Waals surface area contributed by atoms with Crippen molar-refractivity contribution in [2.45, 2.75) is 12.5 Å². The van der Waals surface area contributed by atoms with Crippen molar-refractivity contribution in [1.29, 1.82) is 0 Å². The summed E-state index contributed by atoms with van der Waals surface area (Å²) in [6.45, 7) is 1.90. The Morgan fingerprint density at radius 2 is 2.05 bits per heavy atom. The Bertz CT molecular complexity index is 602. The number of benzene rings is 1. The highest BCUT2D eigenvalue weighted by Gasteiger charge is 2.27. The molecule has 0 fully saturated rings. The van der Waals surface area contributed by atoms with Crippen molar-refractivity contribution in [1.82, 2.24) is 4.98 Å². The maximum Gasteiger partial charge on any atom is 0.137 e. The van der Waals surface area contributed by atoms with Crippen molar-refractivity contribution in [3.05, 3.63) is 57.3 Å². The van der Waals surface area contributed by atoms with Gasteiger partial charge >= 0.3 is 0 Å². The molecule has 0 saturated carbocycles. The molecular weight excluding hydrogens is 328 g/mol. The highest BCUT2D eigenvalue weighted by molar-refractivity contribution is 9.10. The number of pyridine rings is 1. The van der Waals surface area contributed by atoms with E-state index in [1.807, 2.05) is 31.2 Å². The predicted molar refractivity (Wildman–Crippen MR) is 80.6 cm³/mol. The average Bonchev–Trinajstić information content (AvgIpc) is 2.38. The van der Waals surface area contributed by atoms with Crippen LogP contribution in [0.3, 0.4) is 0 Å². The van der Waals surface area contributed by atoms with Gasteiger partial charge in [0, 0.05) is 15.7 Å². The molecular formula is C14H14BrClN2O. The van der Waals surface area contributed by atoms with E-state index in [9.17, 15) is 0 Å². The molecule has 1 aromatic carbocycles. The van der Waals surface area contributed by atoms with Crippen LogP contribution in [0, 0.1) is 0 Å². The van der Waals surface area contributed by atoms with E-state index in [4.69, 9.17) is 22.1 Å². The zero-order chi connectivity index (χ0) is 14.0. The third-order valence-electron chi connectivity index (χ3n) is 3.04. The van der Waals surface area contributed by atoms with Gasteiger partial charge in [-0.2, -0.15) is 0 Å². The van der Waals surface area contributed by atoms with Gasteiger partial charge in [-0.3, -0.25) is 4.98 Å². The van der Waals surface area contributed by atoms with Gasteiger partial charge in [0.1, 0.15) is 5.75 Å². The predicted octanol–water partition coefficient (Wildman–Crippen LogP) is 3.73. The summed E-state index contributed by atoms with van der Waals surface area (Å²) in [5.74, 6) is 0.669. The Morgan fingerprint density at radius 1 is 1.32 bits per heavy atom. The van der Waals surface area contributed by atoms with E-state index in [2.05, 4.69) is 20.9 Å². The average molecular weight is 342 g/mol. The summed E-state index contributed by atoms with van der Waals surface area (Å²) in [6.07, 6.45) is 3.36. The van der Waals surface area contributed by atoms with Crippen molar-refractivity contribution in [2.75, 3.05) is 7.11 Å². The number of hydrogen-bond donors (Lipinski definition) is 1. The number of ether oxygens (including phenoxy) is 1. The molecule has 2 aromatic rings. The van der Waals surface area contributed by atoms with Gasteiger partial charge in [-0.25, -0.2) is 0 Å². The van der Waals surface area contributed by atoms with Gasteiger partial charge in [-0.05, 0) is 36.2 Å². The van der Waals surface area contributed by atoms with Gasteiger partial charge in [0.25, 0.3) is 0 Å². The molecule has 0 aliphatic carbocycles. The van der Waals surface area contributed by atoms with E-state index in [-0.39, 0.29) is 0 Å². The van der Waals surface area contributed by atoms with Crippen molar-refractivity contribution in [3.63, 3.8) is 0 Å². The van der Waals surface area contributed by atoms with Crippen LogP contribution in [0.2, 0.25) is 5.02 Å². The Balaban J connectivity index is 2.51. The number of rotatable bonds is 3. The molecule has 0 aliphatic rings. The third-order valence-corrected chi connectivity index (χ3v) is 3.85. The van der Waals surface area contributed by atoms with Crippen LogP contribution in [0.15, 0.2) is 41.1 Å². The highest BCUT2D eigenvalue weighted by atomic mass is 79.9. The van der Waals surface area contributed by atoms with Crippen molar-refractivity contribution >= 4 is 27.5 Å². The van der Waals surface area contributed by atoms with Crippen LogP contribution in [0.1, 0.15) is 18.1 Å². The van der Waals surface area contributed by atoms with Crippen LogP contribution in [0.25, 0.3) is 0 Å². The van der Waals surface area contributed by atoms with E-state index in [1.165, 1.54) is 0 Å². The quantitative estimate of drug-likeness (QED) is 0.925. The minimum absolute atomic E-state index is 0.613. The molecule has 0 bridgehead atoms. The van der Waals surface area contributed by atoms with E-state index in [0.29, 0.717) is 10.8 Å². The molecule has 100 valence electrons. The third kappa shape index (κ3) is 2.91. The number of nitrogens with zero attached hydrogens (tertiary/aromatic N) is 1. The maximum absolute atomic E-state index is 6.44. The number of nitrogens with two attached hydrogens (primary N) is 1. The molecule has 0 saturated heterocycles. The van der Waals surface area contributed by atoms with Crippen molar-refractivity contribution < 1.29 is 4.74 Å². The normalized spacial score (nSPS) is 13.9. The second-order valence-electron chi connectivity index (χ2n) is 4.44. The summed E-state index contributed by atoms with van der Waals surface area (Å²) in [5, 5.41) is 0.613. The Hall–Kier alpha value is -1.10. The summed E-state index contributed by atoms with van der Waals surface area (Å²) in [7, 11) is 1.60. The van der Waals surface area contributed by atoms with Gasteiger partial charge in [0.05, 0.1) is 18.8 Å². The fourth-order valence-corrected chi connectivity index (χ4v) is 2.75. The van der Waals surface area contributed by atoms with Crippen molar-refractivity contribution in [3.8, 4) is 5.75 Å². The van der Waals surface area contributed by atoms with E-state index < -0.39 is 5.54 Å². The van der Waals surface area contributed by atoms with E-state index in [0.717, 1.165) is 15.6 Å². The van der Waals surface area contributed by atoms with Crippen LogP contribution in [0.5, 0.6) is 5.75 Å². The first-order valence-corrected chi connectivity index (χ1v) is 6.86. The molecule has 2 N–H and O–H groups in total. The molecule has 2 rings (SSSR count). The summed E-state index contributed by atoms with van der Waals surface area (Å²) in [6, 6.07) is 7.52. The summed E-state index contributed by atoms with van der Waals surface area (Å²) in [4.78, 5) is 4.14. The maximum atomic E-state index is 6.44. The fraction of sp³-hybridized carbons (Fsp3) is 0.214. The lowest BCUT2D eigenvalue weighted by atomic mass is 9.86. The molecule has 0 amide bonds. The van der Waals surface area contributed by atoms with E-state index >= 15 is 0 Å². The Kier molecular flexibility index (Phi) is 4.13. The van der Waals surface area contributed by atoms with Crippen LogP contribution in [-0.4, -0.2) is 12.1 Å². The zero-order valence-corrected chi connectivity index (χ0v) is 13.0. The smallest absolute Gasteiger partial charge is 0.137 e. The second kappa shape index (κ2) is 5.49. The molecule has 1 aromatic heterocycles. The molecule has 19 heavy (non-hydrogen) atoms. The largest absolute Gasteiger partial charge is 0.495 e. The topological polar surface area (TPSA) is 48.1 Å². The van der Waals surface area contributed by atoms with Gasteiger partial charge in [0.2, 0.25) is 0 Å². The minimum atomic E-state index is -0.737. The molecule has 0 aliphatic heterocycles. The molecule has 1 unspecified atom stereocenters. The Labute approximate surface area is 125 Å². The molecule has 0 radical (unpaired) electrons. The fourth-order valence-electron chi connectivity index (χ4n) is 1.88. The standard InChI is InChI=1S/C14H14BrClN2O/c1-14(17,9-5-11(19-2)8-18-7-9)12-4-3-10(15)6-13(12)16/h3-8H,17H2,1-2H3. The van der Waals surface area contributed by atoms with Gasteiger partial charge in [-0.15, -0.1) is 0 Å². The lowest BCUT2D eigenvalue weighted by Gasteiger charge is -2.27. The van der Waals surface area contributed by atoms with Crippen LogP contribution in [0.4, 0.5) is 0 Å². The van der Waals surface area contributed by atoms with Gasteiger partial charge in [-0.1, -0.05) is 33.6 Å². The van der Waals surface area contributed by atoms with Crippen LogP contribution >= 0.6 is 27.5 Å². The number of methoxy groups -OCH3 is 1. The first-order valence-electron chi connectivity index (χ1n) is 5.69. The summed E-state index contributed by atoms with van der Waals surface area (Å²) < 4.78 is 6.09. The van der Waals surface area contributed by atoms with Crippen LogP contribution in [-0.2, 0) is 5.54 Å².